The third-order valence-corrected chi connectivity index (χ3v) is 4.04. The van der Waals surface area contributed by atoms with Gasteiger partial charge >= 0.3 is 0 Å². The highest BCUT2D eigenvalue weighted by Gasteiger charge is 2.34. The molecule has 1 aliphatic rings. The Balaban J connectivity index is 2.26. The molecule has 3 rings (SSSR count). The van der Waals surface area contributed by atoms with Crippen LogP contribution >= 0.6 is 11.6 Å². The van der Waals surface area contributed by atoms with Crippen LogP contribution in [0.2, 0.25) is 5.02 Å². The van der Waals surface area contributed by atoms with Crippen LogP contribution in [0.25, 0.3) is 11.3 Å². The molecule has 0 saturated heterocycles. The molecule has 2 atom stereocenters. The number of rotatable bonds is 3. The Hall–Kier alpha value is -2.30. The molecule has 5 N–H and O–H groups in total. The van der Waals surface area contributed by atoms with Gasteiger partial charge in [-0.3, -0.25) is 4.79 Å². The third-order valence-electron chi connectivity index (χ3n) is 3.73. The topological polar surface area (TPSA) is 133 Å². The Morgan fingerprint density at radius 1 is 0.917 bits per heavy atom. The summed E-state index contributed by atoms with van der Waals surface area (Å²) in [5.74, 6) is -0.915. The van der Waals surface area contributed by atoms with E-state index in [0.717, 1.165) is 12.1 Å². The maximum atomic E-state index is 12.5. The first kappa shape index (κ1) is 16.6. The second-order valence-corrected chi connectivity index (χ2v) is 5.49. The van der Waals surface area contributed by atoms with E-state index in [0.29, 0.717) is 0 Å². The molecule has 1 aliphatic carbocycles. The first-order valence-corrected chi connectivity index (χ1v) is 7.08. The quantitative estimate of drug-likeness (QED) is 0.519. The molecule has 24 heavy (non-hydrogen) atoms. The van der Waals surface area contributed by atoms with E-state index in [1.54, 1.807) is 12.1 Å². The van der Waals surface area contributed by atoms with Crippen molar-refractivity contribution in [3.05, 3.63) is 68.5 Å². The average molecular weight is 351 g/mol. The Morgan fingerprint density at radius 3 is 2.04 bits per heavy atom. The molecule has 9 heteroatoms. The zero-order chi connectivity index (χ0) is 17.6. The molecule has 124 valence electrons. The molecule has 0 aliphatic heterocycles. The number of hydrogen-bond donors (Lipinski definition) is 5. The monoisotopic (exact) mass is 350 g/mol. The summed E-state index contributed by atoms with van der Waals surface area (Å²) >= 11 is 5.90. The number of allylic oxidation sites excluding steroid dienone is 1. The lowest BCUT2D eigenvalue weighted by atomic mass is 9.99. The largest absolute Gasteiger partial charge is 0.595 e. The van der Waals surface area contributed by atoms with Crippen molar-refractivity contribution >= 4 is 40.1 Å². The SMILES string of the molecule is O=C1C(c2cc(Cl)c([NH+]([O-])O)cc2[NH+]([O-])O)=C(O)c2ccccc21. The van der Waals surface area contributed by atoms with E-state index in [1.165, 1.54) is 12.1 Å². The fraction of sp³-hybridized carbons (Fsp3) is 0. The first-order valence-electron chi connectivity index (χ1n) is 6.70. The molecule has 8 nitrogen and oxygen atoms in total. The summed E-state index contributed by atoms with van der Waals surface area (Å²) in [4.78, 5) is 12.5. The lowest BCUT2D eigenvalue weighted by Crippen LogP contribution is -3.01. The zero-order valence-electron chi connectivity index (χ0n) is 11.9. The van der Waals surface area contributed by atoms with E-state index in [2.05, 4.69) is 0 Å². The van der Waals surface area contributed by atoms with E-state index >= 15 is 0 Å². The van der Waals surface area contributed by atoms with Crippen LogP contribution in [0.15, 0.2) is 36.4 Å². The van der Waals surface area contributed by atoms with Crippen LogP contribution in [0.5, 0.6) is 0 Å². The molecule has 0 heterocycles. The number of ketones is 1. The molecule has 0 saturated carbocycles. The fourth-order valence-corrected chi connectivity index (χ4v) is 2.88. The van der Waals surface area contributed by atoms with Gasteiger partial charge in [0.15, 0.2) is 17.2 Å². The van der Waals surface area contributed by atoms with Gasteiger partial charge in [-0.05, 0) is 6.07 Å². The molecule has 0 bridgehead atoms. The maximum Gasteiger partial charge on any atom is 0.198 e. The fourth-order valence-electron chi connectivity index (χ4n) is 2.64. The van der Waals surface area contributed by atoms with Crippen LogP contribution in [-0.2, 0) is 0 Å². The van der Waals surface area contributed by atoms with Crippen molar-refractivity contribution in [3.8, 4) is 0 Å². The highest BCUT2D eigenvalue weighted by Crippen LogP contribution is 2.40. The molecule has 0 radical (unpaired) electrons. The van der Waals surface area contributed by atoms with Gasteiger partial charge in [-0.15, -0.1) is 0 Å². The van der Waals surface area contributed by atoms with Gasteiger partial charge in [0.1, 0.15) is 10.8 Å². The predicted octanol–water partition coefficient (Wildman–Crippen LogP) is 0.769. The summed E-state index contributed by atoms with van der Waals surface area (Å²) in [6.07, 6.45) is 0. The maximum absolute atomic E-state index is 12.5. The van der Waals surface area contributed by atoms with Crippen molar-refractivity contribution in [2.75, 3.05) is 0 Å². The van der Waals surface area contributed by atoms with Crippen molar-refractivity contribution < 1.29 is 30.8 Å². The minimum absolute atomic E-state index is 0.129. The van der Waals surface area contributed by atoms with Gasteiger partial charge in [0.2, 0.25) is 0 Å². The van der Waals surface area contributed by atoms with Crippen LogP contribution in [-0.4, -0.2) is 21.3 Å². The number of carbonyl (C=O) groups excluding carboxylic acids is 1. The average Bonchev–Trinajstić information content (AvgIpc) is 2.78. The van der Waals surface area contributed by atoms with Crippen LogP contribution in [0.3, 0.4) is 0 Å². The smallest absolute Gasteiger partial charge is 0.198 e. The Morgan fingerprint density at radius 2 is 1.50 bits per heavy atom. The van der Waals surface area contributed by atoms with Crippen molar-refractivity contribution in [1.82, 2.24) is 0 Å². The first-order chi connectivity index (χ1) is 11.3. The summed E-state index contributed by atoms with van der Waals surface area (Å²) in [7, 11) is 0. The predicted molar refractivity (Wildman–Crippen MR) is 83.2 cm³/mol. The van der Waals surface area contributed by atoms with Gasteiger partial charge in [0.25, 0.3) is 0 Å². The molecular weight excluding hydrogens is 340 g/mol. The Kier molecular flexibility index (Phi) is 4.11. The van der Waals surface area contributed by atoms with Crippen molar-refractivity contribution in [1.29, 1.82) is 0 Å². The Labute approximate surface area is 140 Å². The molecule has 0 spiro atoms. The number of Topliss-reactive ketones (excluding diaryl/α,β-unsaturated/α-hetero) is 1. The highest BCUT2D eigenvalue weighted by atomic mass is 35.5. The van der Waals surface area contributed by atoms with Gasteiger partial charge in [0, 0.05) is 11.1 Å². The van der Waals surface area contributed by atoms with Crippen LogP contribution in [0, 0.1) is 10.4 Å². The summed E-state index contributed by atoms with van der Waals surface area (Å²) in [5, 5.41) is 48.3. The molecule has 2 aromatic carbocycles. The summed E-state index contributed by atoms with van der Waals surface area (Å²) in [6, 6.07) is 8.23. The second kappa shape index (κ2) is 5.96. The van der Waals surface area contributed by atoms with Crippen molar-refractivity contribution in [3.63, 3.8) is 0 Å². The number of nitrogens with one attached hydrogen (secondary N) is 2. The van der Waals surface area contributed by atoms with E-state index in [1.807, 2.05) is 0 Å². The minimum Gasteiger partial charge on any atom is -0.595 e. The molecule has 2 unspecified atom stereocenters. The summed E-state index contributed by atoms with van der Waals surface area (Å²) in [5.41, 5.74) is -0.656. The number of aliphatic hydroxyl groups excluding tert-OH is 1. The number of hydrogen-bond acceptors (Lipinski definition) is 6. The van der Waals surface area contributed by atoms with Crippen LogP contribution in [0.1, 0.15) is 21.5 Å². The summed E-state index contributed by atoms with van der Waals surface area (Å²) < 4.78 is 0. The number of quaternary nitrogens is 2. The van der Waals surface area contributed by atoms with E-state index < -0.39 is 27.6 Å². The molecule has 0 fully saturated rings. The lowest BCUT2D eigenvalue weighted by Gasteiger charge is -2.19. The second-order valence-electron chi connectivity index (χ2n) is 5.09. The molecular formula is C15H11ClN2O6. The van der Waals surface area contributed by atoms with Crippen molar-refractivity contribution in [2.24, 2.45) is 0 Å². The standard InChI is InChI=1S/C15H11ClN2O6/c16-10-5-9(11(17(21)22)6-12(10)18(23)24)13-14(19)7-3-1-2-4-8(7)15(13)20/h1-6,17-19,21,23H. The van der Waals surface area contributed by atoms with Gasteiger partial charge in [-0.1, -0.05) is 35.9 Å². The molecule has 2 aromatic rings. The number of aliphatic hydroxyl groups is 1. The molecule has 0 amide bonds. The lowest BCUT2D eigenvalue weighted by molar-refractivity contribution is -0.996. The van der Waals surface area contributed by atoms with Gasteiger partial charge in [-0.2, -0.15) is 10.5 Å². The van der Waals surface area contributed by atoms with Gasteiger partial charge in [-0.25, -0.2) is 10.4 Å². The van der Waals surface area contributed by atoms with E-state index in [4.69, 9.17) is 16.8 Å². The Bertz CT molecular complexity index is 878. The number of fused-ring (bicyclic) bond motifs is 1. The minimum atomic E-state index is -1.44. The highest BCUT2D eigenvalue weighted by molar-refractivity contribution is 6.40. The number of benzene rings is 2. The van der Waals surface area contributed by atoms with E-state index in [9.17, 15) is 25.5 Å². The summed E-state index contributed by atoms with van der Waals surface area (Å²) in [6.45, 7) is 0. The van der Waals surface area contributed by atoms with Crippen molar-refractivity contribution in [2.45, 2.75) is 0 Å². The van der Waals surface area contributed by atoms with Crippen LogP contribution < -0.4 is 10.5 Å². The number of halogens is 1. The van der Waals surface area contributed by atoms with E-state index in [-0.39, 0.29) is 33.0 Å². The molecule has 0 aromatic heterocycles. The van der Waals surface area contributed by atoms with Crippen LogP contribution in [0.4, 0.5) is 11.4 Å². The van der Waals surface area contributed by atoms with Gasteiger partial charge in [0.05, 0.1) is 17.2 Å². The number of carbonyl (C=O) groups is 1. The van der Waals surface area contributed by atoms with Gasteiger partial charge < -0.3 is 15.5 Å². The zero-order valence-corrected chi connectivity index (χ0v) is 12.7. The third kappa shape index (κ3) is 2.48. The normalized spacial score (nSPS) is 16.3.